The zero-order valence-corrected chi connectivity index (χ0v) is 17.2. The van der Waals surface area contributed by atoms with Crippen molar-refractivity contribution in [2.24, 2.45) is 4.99 Å². The van der Waals surface area contributed by atoms with Crippen molar-refractivity contribution >= 4 is 23.2 Å². The fraction of sp³-hybridized carbons (Fsp3) is 0.125. The number of para-hydroxylation sites is 1. The molecule has 0 amide bonds. The van der Waals surface area contributed by atoms with Gasteiger partial charge in [-0.05, 0) is 47.0 Å². The summed E-state index contributed by atoms with van der Waals surface area (Å²) in [5.74, 6) is -0.471. The summed E-state index contributed by atoms with van der Waals surface area (Å²) >= 11 is 1.86. The first-order valence-corrected chi connectivity index (χ1v) is 10.6. The molecule has 3 aromatic carbocycles. The second-order valence-corrected chi connectivity index (χ2v) is 8.50. The number of fused-ring (bicyclic) bond motifs is 1. The second kappa shape index (κ2) is 7.80. The average molecular weight is 414 g/mol. The number of aryl methyl sites for hydroxylation is 1. The zero-order chi connectivity index (χ0) is 20.5. The highest BCUT2D eigenvalue weighted by Crippen LogP contribution is 2.45. The Balaban J connectivity index is 1.52. The van der Waals surface area contributed by atoms with E-state index in [1.165, 1.54) is 26.9 Å². The first-order chi connectivity index (χ1) is 14.7. The van der Waals surface area contributed by atoms with Gasteiger partial charge in [-0.3, -0.25) is 4.99 Å². The molecule has 2 heterocycles. The average Bonchev–Trinajstić information content (AvgIpc) is 3.11. The minimum atomic E-state index is -0.471. The van der Waals surface area contributed by atoms with E-state index in [2.05, 4.69) is 59.2 Å². The summed E-state index contributed by atoms with van der Waals surface area (Å²) < 4.78 is 6.06. The van der Waals surface area contributed by atoms with Crippen LogP contribution in [0.3, 0.4) is 0 Å². The van der Waals surface area contributed by atoms with Gasteiger partial charge in [0.05, 0.1) is 11.0 Å². The third-order valence-corrected chi connectivity index (χ3v) is 6.45. The van der Waals surface area contributed by atoms with Gasteiger partial charge in [0, 0.05) is 34.4 Å². The summed E-state index contributed by atoms with van der Waals surface area (Å²) in [6, 6.07) is 24.9. The Hall–Kier alpha value is -3.38. The zero-order valence-electron chi connectivity index (χ0n) is 16.4. The van der Waals surface area contributed by atoms with Gasteiger partial charge < -0.3 is 9.63 Å². The molecule has 30 heavy (non-hydrogen) atoms. The van der Waals surface area contributed by atoms with Crippen molar-refractivity contribution in [1.82, 2.24) is 5.27 Å². The van der Waals surface area contributed by atoms with Gasteiger partial charge in [-0.2, -0.15) is 0 Å². The summed E-state index contributed by atoms with van der Waals surface area (Å²) in [4.78, 5) is 6.20. The number of aliphatic imine (C=N–C) groups is 1. The third kappa shape index (κ3) is 3.74. The highest BCUT2D eigenvalue weighted by atomic mass is 32.2. The van der Waals surface area contributed by atoms with Gasteiger partial charge >= 0.3 is 0 Å². The van der Waals surface area contributed by atoms with Crippen LogP contribution in [-0.2, 0) is 0 Å². The van der Waals surface area contributed by atoms with Gasteiger partial charge in [-0.25, -0.2) is 0 Å². The summed E-state index contributed by atoms with van der Waals surface area (Å²) in [5.41, 5.74) is 6.42. The molecule has 0 N–H and O–H groups in total. The number of rotatable bonds is 3. The minimum absolute atomic E-state index is 0.278. The SMILES string of the molecule is Cc1ccc(C2CC(c3ccc(-[n+]4cc([O-])on4)cc3)=Nc3ccccc3S2)cc1. The van der Waals surface area contributed by atoms with Gasteiger partial charge in [0.1, 0.15) is 5.95 Å². The van der Waals surface area contributed by atoms with E-state index < -0.39 is 5.95 Å². The fourth-order valence-electron chi connectivity index (χ4n) is 3.52. The molecule has 0 spiro atoms. The maximum absolute atomic E-state index is 11.3. The maximum atomic E-state index is 11.3. The number of thioether (sulfide) groups is 1. The predicted molar refractivity (Wildman–Crippen MR) is 115 cm³/mol. The molecule has 1 aliphatic rings. The van der Waals surface area contributed by atoms with Crippen molar-refractivity contribution in [1.29, 1.82) is 0 Å². The molecule has 6 heteroatoms. The van der Waals surface area contributed by atoms with Crippen molar-refractivity contribution < 1.29 is 14.3 Å². The Bertz CT molecular complexity index is 1210. The molecular weight excluding hydrogens is 394 g/mol. The monoisotopic (exact) mass is 413 g/mol. The number of hydrogen-bond acceptors (Lipinski definition) is 5. The van der Waals surface area contributed by atoms with Gasteiger partial charge in [0.15, 0.2) is 0 Å². The van der Waals surface area contributed by atoms with Crippen LogP contribution in [0.1, 0.15) is 28.4 Å². The molecule has 5 rings (SSSR count). The van der Waals surface area contributed by atoms with Crippen LogP contribution < -0.4 is 9.79 Å². The number of benzene rings is 3. The molecule has 5 nitrogen and oxygen atoms in total. The summed E-state index contributed by atoms with van der Waals surface area (Å²) in [5, 5.41) is 15.3. The van der Waals surface area contributed by atoms with Crippen molar-refractivity contribution in [3.63, 3.8) is 0 Å². The van der Waals surface area contributed by atoms with Gasteiger partial charge in [-0.1, -0.05) is 42.0 Å². The molecule has 1 aromatic heterocycles. The molecule has 0 aliphatic carbocycles. The van der Waals surface area contributed by atoms with Crippen LogP contribution in [0, 0.1) is 6.92 Å². The molecule has 4 aromatic rings. The maximum Gasteiger partial charge on any atom is 0.239 e. The third-order valence-electron chi connectivity index (χ3n) is 5.13. The van der Waals surface area contributed by atoms with Gasteiger partial charge in [0.2, 0.25) is 11.9 Å². The predicted octanol–water partition coefficient (Wildman–Crippen LogP) is 4.69. The summed E-state index contributed by atoms with van der Waals surface area (Å²) in [7, 11) is 0. The lowest BCUT2D eigenvalue weighted by molar-refractivity contribution is -0.670. The van der Waals surface area contributed by atoms with Crippen LogP contribution in [0.2, 0.25) is 0 Å². The van der Waals surface area contributed by atoms with E-state index >= 15 is 0 Å². The van der Waals surface area contributed by atoms with Crippen molar-refractivity contribution in [2.75, 3.05) is 0 Å². The van der Waals surface area contributed by atoms with E-state index in [0.717, 1.165) is 29.1 Å². The molecule has 148 valence electrons. The lowest BCUT2D eigenvalue weighted by atomic mass is 10.0. The molecule has 1 unspecified atom stereocenters. The van der Waals surface area contributed by atoms with E-state index in [-0.39, 0.29) is 5.25 Å². The van der Waals surface area contributed by atoms with Crippen LogP contribution in [0.4, 0.5) is 5.69 Å². The minimum Gasteiger partial charge on any atom is -0.539 e. The molecule has 0 fully saturated rings. The Kier molecular flexibility index (Phi) is 4.85. The van der Waals surface area contributed by atoms with E-state index in [1.54, 1.807) is 0 Å². The van der Waals surface area contributed by atoms with Crippen LogP contribution in [0.25, 0.3) is 5.69 Å². The Morgan fingerprint density at radius 2 is 1.77 bits per heavy atom. The van der Waals surface area contributed by atoms with Gasteiger partial charge in [-0.15, -0.1) is 11.8 Å². The Labute approximate surface area is 178 Å². The molecule has 1 atom stereocenters. The fourth-order valence-corrected chi connectivity index (χ4v) is 4.75. The molecule has 1 aliphatic heterocycles. The van der Waals surface area contributed by atoms with Crippen LogP contribution >= 0.6 is 11.8 Å². The first-order valence-electron chi connectivity index (χ1n) is 9.72. The van der Waals surface area contributed by atoms with Gasteiger partial charge in [0.25, 0.3) is 0 Å². The quantitative estimate of drug-likeness (QED) is 0.457. The molecule has 0 radical (unpaired) electrons. The lowest BCUT2D eigenvalue weighted by Gasteiger charge is -2.16. The highest BCUT2D eigenvalue weighted by molar-refractivity contribution is 7.99. The smallest absolute Gasteiger partial charge is 0.239 e. The van der Waals surface area contributed by atoms with E-state index in [9.17, 15) is 5.11 Å². The second-order valence-electron chi connectivity index (χ2n) is 7.26. The van der Waals surface area contributed by atoms with E-state index in [0.29, 0.717) is 0 Å². The largest absolute Gasteiger partial charge is 0.539 e. The number of nitrogens with zero attached hydrogens (tertiary/aromatic N) is 3. The van der Waals surface area contributed by atoms with E-state index in [4.69, 9.17) is 4.99 Å². The lowest BCUT2D eigenvalue weighted by Crippen LogP contribution is -2.31. The highest BCUT2D eigenvalue weighted by Gasteiger charge is 2.23. The summed E-state index contributed by atoms with van der Waals surface area (Å²) in [6.07, 6.45) is 2.14. The molecule has 0 saturated heterocycles. The molecular formula is C24H19N3O2S. The topological polar surface area (TPSA) is 65.3 Å². The number of aromatic nitrogens is 2. The Morgan fingerprint density at radius 3 is 2.50 bits per heavy atom. The van der Waals surface area contributed by atoms with Crippen LogP contribution in [-0.4, -0.2) is 11.0 Å². The van der Waals surface area contributed by atoms with Crippen molar-refractivity contribution in [3.05, 3.63) is 95.7 Å². The van der Waals surface area contributed by atoms with E-state index in [1.807, 2.05) is 42.1 Å². The normalized spacial score (nSPS) is 15.9. The van der Waals surface area contributed by atoms with Crippen molar-refractivity contribution in [3.8, 4) is 11.6 Å². The first kappa shape index (κ1) is 18.6. The molecule has 0 bridgehead atoms. The van der Waals surface area contributed by atoms with Crippen LogP contribution in [0.15, 0.2) is 93.4 Å². The standard InChI is InChI=1S/C24H19N3O2S/c1-16-6-8-18(9-7-16)23-14-21(25-20-4-2-3-5-22(20)30-23)17-10-12-19(13-11-17)27-15-24(28)29-26-27/h2-13,15,23H,14H2,1H3. The van der Waals surface area contributed by atoms with Crippen molar-refractivity contribution in [2.45, 2.75) is 23.5 Å². The molecule has 0 saturated carbocycles. The van der Waals surface area contributed by atoms with Crippen LogP contribution in [0.5, 0.6) is 5.95 Å². The number of hydrogen-bond donors (Lipinski definition) is 0. The summed E-state index contributed by atoms with van der Waals surface area (Å²) in [6.45, 7) is 2.11. The Morgan fingerprint density at radius 1 is 1.00 bits per heavy atom.